The average molecular weight is 822 g/mol. The van der Waals surface area contributed by atoms with Crippen molar-refractivity contribution in [3.63, 3.8) is 0 Å². The third-order valence-electron chi connectivity index (χ3n) is 10.4. The first-order valence-corrected chi connectivity index (χ1v) is 21.3. The van der Waals surface area contributed by atoms with Crippen LogP contribution >= 0.6 is 0 Å². The van der Waals surface area contributed by atoms with Gasteiger partial charge in [0.05, 0.1) is 42.5 Å². The summed E-state index contributed by atoms with van der Waals surface area (Å²) in [4.78, 5) is 33.4. The lowest BCUT2D eigenvalue weighted by molar-refractivity contribution is 0.0948. The number of urea groups is 1. The molecule has 1 saturated heterocycles. The number of pyridine rings is 1. The fourth-order valence-electron chi connectivity index (χ4n) is 7.16. The number of nitrogens with one attached hydrogen (secondary N) is 5. The highest BCUT2D eigenvalue weighted by Crippen LogP contribution is 2.40. The highest BCUT2D eigenvalue weighted by Gasteiger charge is 2.23. The van der Waals surface area contributed by atoms with E-state index in [0.29, 0.717) is 63.7 Å². The number of fused-ring (bicyclic) bond motifs is 1. The molecule has 0 bridgehead atoms. The molecule has 1 fully saturated rings. The number of piperidine rings is 1. The Kier molecular flexibility index (Phi) is 14.1. The first-order valence-electron chi connectivity index (χ1n) is 19.8. The van der Waals surface area contributed by atoms with Gasteiger partial charge in [0, 0.05) is 41.3 Å². The molecular formula is C45H55N7O6S. The Morgan fingerprint density at radius 2 is 1.61 bits per heavy atom. The van der Waals surface area contributed by atoms with Gasteiger partial charge in [-0.1, -0.05) is 45.0 Å². The van der Waals surface area contributed by atoms with E-state index < -0.39 is 17.4 Å². The number of hydrogen-bond donors (Lipinski definition) is 5. The maximum atomic E-state index is 13.5. The molecule has 0 spiro atoms. The van der Waals surface area contributed by atoms with Crippen LogP contribution in [0.15, 0.2) is 85.1 Å². The van der Waals surface area contributed by atoms with Crippen molar-refractivity contribution in [3.05, 3.63) is 96.2 Å². The predicted octanol–water partition coefficient (Wildman–Crippen LogP) is 9.29. The van der Waals surface area contributed by atoms with Gasteiger partial charge in [-0.25, -0.2) is 14.5 Å². The normalized spacial score (nSPS) is 14.0. The minimum atomic E-state index is -1.36. The molecule has 1 unspecified atom stereocenters. The Labute approximate surface area is 349 Å². The summed E-state index contributed by atoms with van der Waals surface area (Å²) < 4.78 is 32.7. The van der Waals surface area contributed by atoms with Crippen LogP contribution in [0.1, 0.15) is 62.4 Å². The van der Waals surface area contributed by atoms with Gasteiger partial charge in [0.15, 0.2) is 5.75 Å². The first-order chi connectivity index (χ1) is 28.3. The van der Waals surface area contributed by atoms with Gasteiger partial charge in [-0.3, -0.25) is 4.79 Å². The molecule has 1 aromatic heterocycles. The van der Waals surface area contributed by atoms with E-state index in [1.807, 2.05) is 42.5 Å². The molecule has 0 aliphatic carbocycles. The first kappa shape index (κ1) is 42.9. The zero-order valence-corrected chi connectivity index (χ0v) is 35.7. The molecule has 0 saturated carbocycles. The van der Waals surface area contributed by atoms with Crippen molar-refractivity contribution in [3.8, 4) is 23.0 Å². The number of amides is 3. The van der Waals surface area contributed by atoms with Crippen LogP contribution in [0.5, 0.6) is 23.0 Å². The number of rotatable bonds is 15. The molecule has 312 valence electrons. The zero-order valence-electron chi connectivity index (χ0n) is 34.9. The zero-order chi connectivity index (χ0) is 42.1. The maximum absolute atomic E-state index is 13.5. The quantitative estimate of drug-likeness (QED) is 0.0509. The lowest BCUT2D eigenvalue weighted by Gasteiger charge is -2.28. The molecule has 59 heavy (non-hydrogen) atoms. The average Bonchev–Trinajstić information content (AvgIpc) is 3.20. The van der Waals surface area contributed by atoms with E-state index in [1.165, 1.54) is 26.2 Å². The SMILES string of the molecule is COc1cc(Nc2cc(Oc3ccc(NC(=O)Nc4cc(C(C)(C)C)cc(N[S+](C)[O-])c4OC)c4ccccc34)ccn2)ccc1C(=O)NCCCC1CCN(C)CC1. The van der Waals surface area contributed by atoms with Crippen LogP contribution in [-0.4, -0.2) is 73.5 Å². The molecule has 5 N–H and O–H groups in total. The fourth-order valence-corrected chi connectivity index (χ4v) is 7.62. The van der Waals surface area contributed by atoms with Crippen LogP contribution in [0.2, 0.25) is 0 Å². The number of carbonyl (C=O) groups excluding carboxylic acids is 2. The van der Waals surface area contributed by atoms with Gasteiger partial charge in [0.25, 0.3) is 5.91 Å². The molecule has 6 rings (SSSR count). The number of carbonyl (C=O) groups is 2. The molecular weight excluding hydrogens is 767 g/mol. The molecule has 3 amide bonds. The van der Waals surface area contributed by atoms with Crippen LogP contribution < -0.4 is 40.2 Å². The number of methoxy groups -OCH3 is 2. The second-order valence-electron chi connectivity index (χ2n) is 15.8. The van der Waals surface area contributed by atoms with Gasteiger partial charge in [0.1, 0.15) is 35.0 Å². The number of aromatic nitrogens is 1. The van der Waals surface area contributed by atoms with E-state index in [2.05, 4.69) is 63.7 Å². The minimum Gasteiger partial charge on any atom is -0.593 e. The van der Waals surface area contributed by atoms with Gasteiger partial charge in [-0.2, -0.15) is 0 Å². The van der Waals surface area contributed by atoms with E-state index in [-0.39, 0.29) is 11.3 Å². The molecule has 1 aliphatic heterocycles. The summed E-state index contributed by atoms with van der Waals surface area (Å²) in [6.45, 7) is 9.09. The number of nitrogens with zero attached hydrogens (tertiary/aromatic N) is 2. The topological polar surface area (TPSA) is 161 Å². The van der Waals surface area contributed by atoms with Crippen molar-refractivity contribution in [1.29, 1.82) is 0 Å². The molecule has 13 nitrogen and oxygen atoms in total. The highest BCUT2D eigenvalue weighted by atomic mass is 32.2. The highest BCUT2D eigenvalue weighted by molar-refractivity contribution is 7.92. The van der Waals surface area contributed by atoms with E-state index in [9.17, 15) is 14.1 Å². The summed E-state index contributed by atoms with van der Waals surface area (Å²) >= 11 is -1.36. The second kappa shape index (κ2) is 19.4. The maximum Gasteiger partial charge on any atom is 0.323 e. The summed E-state index contributed by atoms with van der Waals surface area (Å²) in [5, 5.41) is 13.8. The van der Waals surface area contributed by atoms with E-state index >= 15 is 0 Å². The summed E-state index contributed by atoms with van der Waals surface area (Å²) in [5.74, 6) is 3.04. The number of benzene rings is 4. The minimum absolute atomic E-state index is 0.163. The van der Waals surface area contributed by atoms with Crippen molar-refractivity contribution in [1.82, 2.24) is 15.2 Å². The third kappa shape index (κ3) is 11.3. The predicted molar refractivity (Wildman–Crippen MR) is 238 cm³/mol. The summed E-state index contributed by atoms with van der Waals surface area (Å²) in [7, 11) is 5.22. The Bertz CT molecular complexity index is 2250. The van der Waals surface area contributed by atoms with Crippen molar-refractivity contribution in [2.24, 2.45) is 5.92 Å². The molecule has 5 aromatic rings. The number of hydrogen-bond acceptors (Lipinski definition) is 10. The van der Waals surface area contributed by atoms with Crippen LogP contribution in [-0.2, 0) is 16.8 Å². The summed E-state index contributed by atoms with van der Waals surface area (Å²) in [6.07, 6.45) is 7.69. The molecule has 14 heteroatoms. The van der Waals surface area contributed by atoms with Gasteiger partial charge < -0.3 is 44.9 Å². The van der Waals surface area contributed by atoms with Crippen molar-refractivity contribution in [2.45, 2.75) is 51.9 Å². The standard InChI is InChI=1S/C45H55N7O6S/c1-45(2,3)30-25-37(42(57-6)38(26-30)51-59(7)55)50-44(54)49-36-16-17-39(34-13-9-8-12-33(34)36)58-32-18-22-46-41(28-32)48-31-14-15-35(40(27-31)56-5)43(53)47-21-10-11-29-19-23-52(4)24-20-29/h8-9,12-18,22,25-29,51H,10-11,19-21,23-24H2,1-7H3,(H,46,48)(H,47,53)(H2,49,50,54). The van der Waals surface area contributed by atoms with E-state index in [4.69, 9.17) is 14.2 Å². The molecule has 1 aliphatic rings. The largest absolute Gasteiger partial charge is 0.593 e. The van der Waals surface area contributed by atoms with E-state index in [0.717, 1.165) is 48.2 Å². The van der Waals surface area contributed by atoms with Crippen LogP contribution in [0.4, 0.5) is 33.4 Å². The smallest absolute Gasteiger partial charge is 0.323 e. The third-order valence-corrected chi connectivity index (χ3v) is 10.9. The number of anilines is 5. The fraction of sp³-hybridized carbons (Fsp3) is 0.356. The Balaban J connectivity index is 1.12. The number of likely N-dealkylation sites (tertiary alicyclic amines) is 1. The van der Waals surface area contributed by atoms with Gasteiger partial charge in [-0.15, -0.1) is 0 Å². The van der Waals surface area contributed by atoms with Crippen molar-refractivity contribution in [2.75, 3.05) is 67.8 Å². The Hall–Kier alpha value is -5.70. The Morgan fingerprint density at radius 3 is 2.32 bits per heavy atom. The second-order valence-corrected chi connectivity index (χ2v) is 16.9. The lowest BCUT2D eigenvalue weighted by atomic mass is 9.86. The van der Waals surface area contributed by atoms with Gasteiger partial charge >= 0.3 is 6.03 Å². The monoisotopic (exact) mass is 821 g/mol. The van der Waals surface area contributed by atoms with Crippen LogP contribution in [0, 0.1) is 5.92 Å². The van der Waals surface area contributed by atoms with Crippen LogP contribution in [0.3, 0.4) is 0 Å². The molecule has 2 heterocycles. The number of ether oxygens (including phenoxy) is 3. The molecule has 0 radical (unpaired) electrons. The lowest BCUT2D eigenvalue weighted by Crippen LogP contribution is -2.31. The Morgan fingerprint density at radius 1 is 0.881 bits per heavy atom. The summed E-state index contributed by atoms with van der Waals surface area (Å²) in [6, 6.07) is 23.4. The molecule has 1 atom stereocenters. The van der Waals surface area contributed by atoms with Gasteiger partial charge in [-0.05, 0) is 105 Å². The van der Waals surface area contributed by atoms with Crippen molar-refractivity contribution < 1.29 is 28.4 Å². The van der Waals surface area contributed by atoms with E-state index in [1.54, 1.807) is 49.7 Å². The summed E-state index contributed by atoms with van der Waals surface area (Å²) in [5.41, 5.74) is 3.34. The van der Waals surface area contributed by atoms with Gasteiger partial charge in [0.2, 0.25) is 0 Å². The molecule has 4 aromatic carbocycles. The van der Waals surface area contributed by atoms with Crippen molar-refractivity contribution >= 4 is 62.6 Å². The van der Waals surface area contributed by atoms with Crippen LogP contribution in [0.25, 0.3) is 10.8 Å².